The van der Waals surface area contributed by atoms with Crippen LogP contribution in [0.4, 0.5) is 28.6 Å². The van der Waals surface area contributed by atoms with Crippen molar-refractivity contribution in [3.05, 3.63) is 95.7 Å². The van der Waals surface area contributed by atoms with Crippen LogP contribution in [-0.4, -0.2) is 70.0 Å². The van der Waals surface area contributed by atoms with E-state index in [-0.39, 0.29) is 5.56 Å². The Balaban J connectivity index is 1.66. The lowest BCUT2D eigenvalue weighted by Crippen LogP contribution is -2.76. The topological polar surface area (TPSA) is 156 Å². The fraction of sp³-hybridized carbons (Fsp3) is 0.290. The molecule has 15 heteroatoms. The average Bonchev–Trinajstić information content (AvgIpc) is 3.03. The standard InChI is InChI=1S/C31H31F3N6O6/c1-18(21-10-6-4-7-11-21)36-29(44)39(17-20-14-15-35-23(16-20)38-28(43)31(32,33)34)24-25(27(42)46-3)40(26(24)41)30(45)37-19(2)22-12-8-5-9-13-22/h4-16,18-19,24-25H,17H2,1-3H3,(H,36,44)(H,37,45)(H,35,38,43)/p-1/t18-,19-,24-,25+/m1/s1. The average molecular weight is 640 g/mol. The third-order valence-electron chi connectivity index (χ3n) is 7.23. The highest BCUT2D eigenvalue weighted by Crippen LogP contribution is 2.30. The quantitative estimate of drug-likeness (QED) is 0.157. The summed E-state index contributed by atoms with van der Waals surface area (Å²) in [4.78, 5) is 61.9. The van der Waals surface area contributed by atoms with Crippen molar-refractivity contribution < 1.29 is 42.2 Å². The number of β-lactam (4-membered cyclic amide) rings is 1. The molecule has 0 spiro atoms. The van der Waals surface area contributed by atoms with Gasteiger partial charge in [0.05, 0.1) is 25.1 Å². The maximum Gasteiger partial charge on any atom is 0.419 e. The fourth-order valence-corrected chi connectivity index (χ4v) is 4.81. The molecule has 5 amide bonds. The van der Waals surface area contributed by atoms with Crippen molar-refractivity contribution in [3.63, 3.8) is 0 Å². The fourth-order valence-electron chi connectivity index (χ4n) is 4.81. The lowest BCUT2D eigenvalue weighted by Gasteiger charge is -2.48. The van der Waals surface area contributed by atoms with Crippen LogP contribution >= 0.6 is 0 Å². The molecule has 0 bridgehead atoms. The molecule has 0 aliphatic carbocycles. The number of halogens is 3. The van der Waals surface area contributed by atoms with Gasteiger partial charge in [-0.1, -0.05) is 60.7 Å². The van der Waals surface area contributed by atoms with Crippen LogP contribution in [0.25, 0.3) is 0 Å². The molecule has 1 saturated heterocycles. The van der Waals surface area contributed by atoms with Gasteiger partial charge in [-0.05, 0) is 42.7 Å². The largest absolute Gasteiger partial charge is 0.855 e. The van der Waals surface area contributed by atoms with Gasteiger partial charge in [-0.25, -0.2) is 29.3 Å². The van der Waals surface area contributed by atoms with Crippen LogP contribution in [0.15, 0.2) is 84.0 Å². The normalized spacial score (nSPS) is 17.7. The zero-order chi connectivity index (χ0) is 33.6. The number of rotatable bonds is 9. The van der Waals surface area contributed by atoms with Gasteiger partial charge in [-0.3, -0.25) is 4.79 Å². The number of nitrogens with zero attached hydrogens (tertiary/aromatic N) is 4. The van der Waals surface area contributed by atoms with E-state index in [2.05, 4.69) is 20.6 Å². The van der Waals surface area contributed by atoms with E-state index in [0.717, 1.165) is 29.8 Å². The van der Waals surface area contributed by atoms with Gasteiger partial charge in [0.2, 0.25) is 0 Å². The molecule has 1 aliphatic rings. The van der Waals surface area contributed by atoms with E-state index in [4.69, 9.17) is 4.74 Å². The molecule has 1 aromatic heterocycles. The molecule has 4 atom stereocenters. The predicted molar refractivity (Wildman–Crippen MR) is 156 cm³/mol. The molecular formula is C31H30F3N6O6-. The Hall–Kier alpha value is -5.47. The van der Waals surface area contributed by atoms with Crippen LogP contribution in [0.1, 0.15) is 42.6 Å². The van der Waals surface area contributed by atoms with E-state index in [9.17, 15) is 37.5 Å². The Morgan fingerprint density at radius 1 is 1.00 bits per heavy atom. The van der Waals surface area contributed by atoms with E-state index in [1.165, 1.54) is 6.07 Å². The number of benzene rings is 2. The van der Waals surface area contributed by atoms with Gasteiger partial charge >= 0.3 is 24.2 Å². The van der Waals surface area contributed by atoms with Crippen LogP contribution in [0.3, 0.4) is 0 Å². The van der Waals surface area contributed by atoms with Gasteiger partial charge in [0, 0.05) is 12.7 Å². The smallest absolute Gasteiger partial charge is 0.419 e. The maximum absolute atomic E-state index is 13.8. The molecule has 0 radical (unpaired) electrons. The number of hydrogen-bond acceptors (Lipinski definition) is 8. The van der Waals surface area contributed by atoms with Crippen molar-refractivity contribution in [2.24, 2.45) is 4.99 Å². The minimum Gasteiger partial charge on any atom is -0.855 e. The molecule has 1 fully saturated rings. The summed E-state index contributed by atoms with van der Waals surface area (Å²) in [7, 11) is 1.06. The Bertz CT molecular complexity index is 1610. The summed E-state index contributed by atoms with van der Waals surface area (Å²) in [6, 6.07) is 14.1. The number of amides is 5. The van der Waals surface area contributed by atoms with Crippen LogP contribution < -0.4 is 15.7 Å². The van der Waals surface area contributed by atoms with Gasteiger partial charge in [0.1, 0.15) is 6.04 Å². The molecule has 12 nitrogen and oxygen atoms in total. The van der Waals surface area contributed by atoms with E-state index >= 15 is 0 Å². The number of methoxy groups -OCH3 is 1. The highest BCUT2D eigenvalue weighted by molar-refractivity contribution is 6.11. The molecule has 0 saturated carbocycles. The maximum atomic E-state index is 13.8. The molecule has 242 valence electrons. The first-order valence-corrected chi connectivity index (χ1v) is 14.0. The summed E-state index contributed by atoms with van der Waals surface area (Å²) >= 11 is 0. The number of carbonyl (C=O) groups is 4. The highest BCUT2D eigenvalue weighted by Gasteiger charge is 2.59. The minimum atomic E-state index is -5.23. The van der Waals surface area contributed by atoms with Gasteiger partial charge < -0.3 is 25.4 Å². The number of imide groups is 1. The number of aromatic nitrogens is 1. The number of pyridine rings is 1. The van der Waals surface area contributed by atoms with Gasteiger partial charge in [0.15, 0.2) is 11.9 Å². The summed E-state index contributed by atoms with van der Waals surface area (Å²) in [6.07, 6.45) is -4.16. The summed E-state index contributed by atoms with van der Waals surface area (Å²) < 4.78 is 43.3. The molecule has 0 unspecified atom stereocenters. The van der Waals surface area contributed by atoms with E-state index in [1.54, 1.807) is 74.5 Å². The first-order chi connectivity index (χ1) is 21.8. The molecule has 2 N–H and O–H groups in total. The molecule has 1 aliphatic heterocycles. The second-order valence-electron chi connectivity index (χ2n) is 10.3. The number of esters is 1. The lowest BCUT2D eigenvalue weighted by atomic mass is 9.93. The number of carbonyl (C=O) groups excluding carboxylic acids is 4. The van der Waals surface area contributed by atoms with Gasteiger partial charge in [-0.15, -0.1) is 0 Å². The van der Waals surface area contributed by atoms with Crippen LogP contribution in [0.5, 0.6) is 0 Å². The van der Waals surface area contributed by atoms with Crippen molar-refractivity contribution in [3.8, 4) is 0 Å². The number of aliphatic imine (C=N–C) groups is 1. The zero-order valence-corrected chi connectivity index (χ0v) is 24.9. The van der Waals surface area contributed by atoms with Gasteiger partial charge in [0.25, 0.3) is 5.91 Å². The monoisotopic (exact) mass is 639 g/mol. The third-order valence-corrected chi connectivity index (χ3v) is 7.23. The molecule has 2 heterocycles. The minimum absolute atomic E-state index is 0.128. The van der Waals surface area contributed by atoms with Gasteiger partial charge in [-0.2, -0.15) is 13.2 Å². The van der Waals surface area contributed by atoms with E-state index in [0.29, 0.717) is 10.5 Å². The Kier molecular flexibility index (Phi) is 10.2. The van der Waals surface area contributed by atoms with E-state index in [1.807, 2.05) is 0 Å². The Morgan fingerprint density at radius 3 is 2.11 bits per heavy atom. The second-order valence-corrected chi connectivity index (χ2v) is 10.3. The molecule has 4 rings (SSSR count). The Morgan fingerprint density at radius 2 is 1.57 bits per heavy atom. The summed E-state index contributed by atoms with van der Waals surface area (Å²) in [5, 5.41) is 16.8. The number of urea groups is 2. The summed E-state index contributed by atoms with van der Waals surface area (Å²) in [5.74, 6) is -4.85. The summed E-state index contributed by atoms with van der Waals surface area (Å²) in [5.41, 5.74) is 1.57. The number of likely N-dealkylation sites (tertiary alicyclic amines) is 1. The predicted octanol–water partition coefficient (Wildman–Crippen LogP) is 3.53. The number of hydrogen-bond donors (Lipinski definition) is 2. The number of alkyl halides is 3. The van der Waals surface area contributed by atoms with Crippen molar-refractivity contribution in [1.29, 1.82) is 0 Å². The van der Waals surface area contributed by atoms with Crippen LogP contribution in [0.2, 0.25) is 0 Å². The van der Waals surface area contributed by atoms with Crippen molar-refractivity contribution >= 4 is 35.7 Å². The SMILES string of the molecule is COC(=O)[C@@H]1[C@@H](N(Cc2ccnc(N=C([O-])C(F)(F)F)c2)C(=O)N[C@H](C)c2ccccc2)C(=O)N1C(=O)N[C@H](C)c1ccccc1. The molecule has 46 heavy (non-hydrogen) atoms. The highest BCUT2D eigenvalue weighted by atomic mass is 19.4. The Labute approximate surface area is 261 Å². The molecule has 3 aromatic rings. The molecular weight excluding hydrogens is 609 g/mol. The zero-order valence-electron chi connectivity index (χ0n) is 24.9. The lowest BCUT2D eigenvalue weighted by molar-refractivity contribution is -0.262. The van der Waals surface area contributed by atoms with Crippen molar-refractivity contribution in [1.82, 2.24) is 25.4 Å². The number of ether oxygens (including phenoxy) is 1. The summed E-state index contributed by atoms with van der Waals surface area (Å²) in [6.45, 7) is 2.92. The van der Waals surface area contributed by atoms with Crippen molar-refractivity contribution in [2.45, 2.75) is 50.7 Å². The van der Waals surface area contributed by atoms with E-state index < -0.39 is 72.5 Å². The second kappa shape index (κ2) is 14.1. The van der Waals surface area contributed by atoms with Crippen LogP contribution in [-0.2, 0) is 20.9 Å². The first kappa shape index (κ1) is 33.4. The number of nitrogens with one attached hydrogen (secondary N) is 2. The third kappa shape index (κ3) is 7.60. The first-order valence-electron chi connectivity index (χ1n) is 14.0. The molecule has 2 aromatic carbocycles. The van der Waals surface area contributed by atoms with Crippen LogP contribution in [0, 0.1) is 0 Å². The van der Waals surface area contributed by atoms with Crippen molar-refractivity contribution in [2.75, 3.05) is 7.11 Å².